The minimum absolute atomic E-state index is 0.182. The van der Waals surface area contributed by atoms with E-state index in [4.69, 9.17) is 0 Å². The molecule has 4 nitrogen and oxygen atoms in total. The topological polar surface area (TPSA) is 60.7 Å². The highest BCUT2D eigenvalue weighted by Crippen LogP contribution is 2.19. The summed E-state index contributed by atoms with van der Waals surface area (Å²) in [4.78, 5) is 16.7. The van der Waals surface area contributed by atoms with Gasteiger partial charge in [-0.25, -0.2) is 4.79 Å². The third-order valence-corrected chi connectivity index (χ3v) is 3.73. The number of fused-ring (bicyclic) bond motifs is 1. The molecule has 5 heteroatoms. The summed E-state index contributed by atoms with van der Waals surface area (Å²) < 4.78 is 1.08. The summed E-state index contributed by atoms with van der Waals surface area (Å²) in [6.07, 6.45) is 0. The Morgan fingerprint density at radius 3 is 2.68 bits per heavy atom. The molecule has 3 rings (SSSR count). The lowest BCUT2D eigenvalue weighted by molar-refractivity contribution is 1.14. The van der Waals surface area contributed by atoms with Gasteiger partial charge in [0.15, 0.2) is 0 Å². The maximum absolute atomic E-state index is 11.2. The number of anilines is 1. The predicted molar refractivity (Wildman–Crippen MR) is 80.4 cm³/mol. The number of imidazole rings is 1. The van der Waals surface area contributed by atoms with Crippen LogP contribution in [0.5, 0.6) is 0 Å². The number of nitrogens with one attached hydrogen (secondary N) is 3. The van der Waals surface area contributed by atoms with E-state index < -0.39 is 0 Å². The molecule has 96 valence electrons. The van der Waals surface area contributed by atoms with E-state index in [0.29, 0.717) is 0 Å². The zero-order valence-corrected chi connectivity index (χ0v) is 11.6. The summed E-state index contributed by atoms with van der Waals surface area (Å²) in [5.74, 6) is 0. The van der Waals surface area contributed by atoms with Gasteiger partial charge in [-0.2, -0.15) is 0 Å². The van der Waals surface area contributed by atoms with Crippen LogP contribution < -0.4 is 11.0 Å². The molecule has 0 aliphatic heterocycles. The summed E-state index contributed by atoms with van der Waals surface area (Å²) in [6, 6.07) is 13.8. The first kappa shape index (κ1) is 12.0. The first-order valence-electron chi connectivity index (χ1n) is 5.92. The summed E-state index contributed by atoms with van der Waals surface area (Å²) in [5, 5.41) is 3.34. The normalized spacial score (nSPS) is 10.8. The molecule has 0 saturated heterocycles. The third kappa shape index (κ3) is 2.56. The molecule has 0 atom stereocenters. The summed E-state index contributed by atoms with van der Waals surface area (Å²) in [5.41, 5.74) is 3.60. The number of aromatic nitrogens is 2. The Hall–Kier alpha value is -2.01. The predicted octanol–water partition coefficient (Wildman–Crippen LogP) is 3.23. The van der Waals surface area contributed by atoms with Crippen LogP contribution in [0, 0.1) is 0 Å². The fourth-order valence-corrected chi connectivity index (χ4v) is 2.41. The molecular formula is C14H12BrN3O. The van der Waals surface area contributed by atoms with Crippen LogP contribution in [0.25, 0.3) is 11.0 Å². The Kier molecular flexibility index (Phi) is 3.13. The molecule has 3 aromatic rings. The molecule has 0 radical (unpaired) electrons. The van der Waals surface area contributed by atoms with Crippen molar-refractivity contribution in [1.82, 2.24) is 9.97 Å². The quantitative estimate of drug-likeness (QED) is 0.694. The van der Waals surface area contributed by atoms with Crippen molar-refractivity contribution in [2.24, 2.45) is 0 Å². The third-order valence-electron chi connectivity index (χ3n) is 2.96. The standard InChI is InChI=1S/C14H12BrN3O/c15-11-4-2-1-3-9(11)8-16-10-5-6-12-13(7-10)18-14(19)17-12/h1-7,16H,8H2,(H2,17,18,19). The minimum Gasteiger partial charge on any atom is -0.381 e. The van der Waals surface area contributed by atoms with Crippen molar-refractivity contribution in [2.75, 3.05) is 5.32 Å². The number of aromatic amines is 2. The summed E-state index contributed by atoms with van der Waals surface area (Å²) in [6.45, 7) is 0.724. The van der Waals surface area contributed by atoms with Crippen molar-refractivity contribution in [3.8, 4) is 0 Å². The highest BCUT2D eigenvalue weighted by Gasteiger charge is 2.01. The Labute approximate surface area is 118 Å². The van der Waals surface area contributed by atoms with E-state index in [1.54, 1.807) is 0 Å². The minimum atomic E-state index is -0.182. The van der Waals surface area contributed by atoms with Gasteiger partial charge in [0.05, 0.1) is 11.0 Å². The fourth-order valence-electron chi connectivity index (χ4n) is 1.98. The maximum Gasteiger partial charge on any atom is 0.323 e. The molecule has 0 aliphatic rings. The van der Waals surface area contributed by atoms with Gasteiger partial charge in [0.2, 0.25) is 0 Å². The van der Waals surface area contributed by atoms with Crippen molar-refractivity contribution < 1.29 is 0 Å². The van der Waals surface area contributed by atoms with Crippen LogP contribution in [0.4, 0.5) is 5.69 Å². The van der Waals surface area contributed by atoms with Crippen molar-refractivity contribution in [3.63, 3.8) is 0 Å². The molecule has 0 amide bonds. The van der Waals surface area contributed by atoms with E-state index >= 15 is 0 Å². The summed E-state index contributed by atoms with van der Waals surface area (Å²) in [7, 11) is 0. The van der Waals surface area contributed by atoms with Crippen LogP contribution in [0.1, 0.15) is 5.56 Å². The van der Waals surface area contributed by atoms with Crippen molar-refractivity contribution >= 4 is 32.7 Å². The SMILES string of the molecule is O=c1[nH]c2ccc(NCc3ccccc3Br)cc2[nH]1. The molecule has 0 spiro atoms. The van der Waals surface area contributed by atoms with Gasteiger partial charge in [0.1, 0.15) is 0 Å². The number of hydrogen-bond donors (Lipinski definition) is 3. The number of benzene rings is 2. The molecule has 0 saturated carbocycles. The van der Waals surface area contributed by atoms with E-state index in [2.05, 4.69) is 37.3 Å². The van der Waals surface area contributed by atoms with Crippen LogP contribution in [0.15, 0.2) is 51.7 Å². The maximum atomic E-state index is 11.2. The molecule has 19 heavy (non-hydrogen) atoms. The van der Waals surface area contributed by atoms with Gasteiger partial charge in [-0.3, -0.25) is 0 Å². The lowest BCUT2D eigenvalue weighted by Crippen LogP contribution is -2.00. The van der Waals surface area contributed by atoms with Crippen LogP contribution in [-0.4, -0.2) is 9.97 Å². The molecule has 1 aromatic heterocycles. The number of rotatable bonds is 3. The first-order valence-corrected chi connectivity index (χ1v) is 6.71. The zero-order valence-electron chi connectivity index (χ0n) is 10.0. The Balaban J connectivity index is 1.82. The van der Waals surface area contributed by atoms with E-state index in [0.717, 1.165) is 27.7 Å². The Morgan fingerprint density at radius 2 is 1.84 bits per heavy atom. The smallest absolute Gasteiger partial charge is 0.323 e. The average Bonchev–Trinajstić information content (AvgIpc) is 2.77. The van der Waals surface area contributed by atoms with Gasteiger partial charge in [0, 0.05) is 16.7 Å². The van der Waals surface area contributed by atoms with Crippen LogP contribution in [0.3, 0.4) is 0 Å². The lowest BCUT2D eigenvalue weighted by Gasteiger charge is -2.08. The molecule has 0 aliphatic carbocycles. The number of hydrogen-bond acceptors (Lipinski definition) is 2. The highest BCUT2D eigenvalue weighted by molar-refractivity contribution is 9.10. The second kappa shape index (κ2) is 4.93. The van der Waals surface area contributed by atoms with Crippen molar-refractivity contribution in [3.05, 3.63) is 63.0 Å². The van der Waals surface area contributed by atoms with E-state index in [1.165, 1.54) is 5.56 Å². The lowest BCUT2D eigenvalue weighted by atomic mass is 10.2. The van der Waals surface area contributed by atoms with Gasteiger partial charge in [0.25, 0.3) is 0 Å². The fraction of sp³-hybridized carbons (Fsp3) is 0.0714. The van der Waals surface area contributed by atoms with Crippen LogP contribution in [-0.2, 0) is 6.54 Å². The van der Waals surface area contributed by atoms with Gasteiger partial charge < -0.3 is 15.3 Å². The highest BCUT2D eigenvalue weighted by atomic mass is 79.9. The largest absolute Gasteiger partial charge is 0.381 e. The van der Waals surface area contributed by atoms with Gasteiger partial charge in [-0.05, 0) is 29.8 Å². The average molecular weight is 318 g/mol. The van der Waals surface area contributed by atoms with E-state index in [-0.39, 0.29) is 5.69 Å². The number of H-pyrrole nitrogens is 2. The van der Waals surface area contributed by atoms with Gasteiger partial charge >= 0.3 is 5.69 Å². The van der Waals surface area contributed by atoms with Crippen LogP contribution >= 0.6 is 15.9 Å². The molecular weight excluding hydrogens is 306 g/mol. The summed E-state index contributed by atoms with van der Waals surface area (Å²) >= 11 is 3.52. The molecule has 0 fully saturated rings. The Morgan fingerprint density at radius 1 is 1.05 bits per heavy atom. The monoisotopic (exact) mass is 317 g/mol. The van der Waals surface area contributed by atoms with Crippen LogP contribution in [0.2, 0.25) is 0 Å². The molecule has 0 unspecified atom stereocenters. The molecule has 2 aromatic carbocycles. The molecule has 1 heterocycles. The van der Waals surface area contributed by atoms with Crippen molar-refractivity contribution in [2.45, 2.75) is 6.54 Å². The van der Waals surface area contributed by atoms with Gasteiger partial charge in [-0.1, -0.05) is 34.1 Å². The second-order valence-electron chi connectivity index (χ2n) is 4.28. The molecule has 0 bridgehead atoms. The zero-order chi connectivity index (χ0) is 13.2. The van der Waals surface area contributed by atoms with Crippen molar-refractivity contribution in [1.29, 1.82) is 0 Å². The first-order chi connectivity index (χ1) is 9.22. The Bertz CT molecular complexity index is 775. The second-order valence-corrected chi connectivity index (χ2v) is 5.14. The van der Waals surface area contributed by atoms with Gasteiger partial charge in [-0.15, -0.1) is 0 Å². The van der Waals surface area contributed by atoms with E-state index in [9.17, 15) is 4.79 Å². The van der Waals surface area contributed by atoms with E-state index in [1.807, 2.05) is 36.4 Å². The number of halogens is 1. The molecule has 3 N–H and O–H groups in total.